The van der Waals surface area contributed by atoms with Gasteiger partial charge in [-0.25, -0.2) is 0 Å². The molecule has 0 atom stereocenters. The molecular weight excluding hydrogens is 163 g/mol. The summed E-state index contributed by atoms with van der Waals surface area (Å²) >= 11 is 0. The second kappa shape index (κ2) is 24.0. The average Bonchev–Trinajstić information content (AvgIpc) is 0. The van der Waals surface area contributed by atoms with Gasteiger partial charge in [-0.3, -0.25) is 0 Å². The van der Waals surface area contributed by atoms with E-state index >= 15 is 0 Å². The normalized spacial score (nSPS) is 0. The third-order valence-corrected chi connectivity index (χ3v) is 0. The SMILES string of the molecule is [Al+3].[Ca+2].[Ca+2].[Ca+2].[OH-]. The summed E-state index contributed by atoms with van der Waals surface area (Å²) in [7, 11) is 0. The Morgan fingerprint density at radius 3 is 0.600 bits per heavy atom. The van der Waals surface area contributed by atoms with Crippen LogP contribution < -0.4 is 0 Å². The topological polar surface area (TPSA) is 30.0 Å². The van der Waals surface area contributed by atoms with Crippen LogP contribution in [0.15, 0.2) is 0 Å². The fraction of sp³-hybridized carbons (Fsp3) is 0. The molecule has 0 heterocycles. The van der Waals surface area contributed by atoms with Gasteiger partial charge >= 0.3 is 131 Å². The minimum absolute atomic E-state index is 0. The molecule has 0 unspecified atom stereocenters. The molecule has 0 saturated carbocycles. The zero-order valence-electron chi connectivity index (χ0n) is 3.15. The Labute approximate surface area is 132 Å². The zero-order valence-corrected chi connectivity index (χ0v) is 10.9. The molecule has 0 aliphatic rings. The molecule has 0 radical (unpaired) electrons. The average molecular weight is 164 g/mol. The first-order valence-corrected chi connectivity index (χ1v) is 0. The van der Waals surface area contributed by atoms with Gasteiger partial charge in [-0.15, -0.1) is 0 Å². The maximum Gasteiger partial charge on any atom is 3.00 e. The number of rotatable bonds is 0. The maximum atomic E-state index is 0. The largest absolute Gasteiger partial charge is 3.00 e. The molecule has 5 heavy (non-hydrogen) atoms. The molecule has 0 saturated heterocycles. The van der Waals surface area contributed by atoms with Gasteiger partial charge in [0.25, 0.3) is 0 Å². The van der Waals surface area contributed by atoms with E-state index in [0.717, 1.165) is 0 Å². The van der Waals surface area contributed by atoms with Crippen LogP contribution in [0, 0.1) is 0 Å². The quantitative estimate of drug-likeness (QED) is 0.392. The molecule has 0 amide bonds. The third-order valence-electron chi connectivity index (χ3n) is 0. The van der Waals surface area contributed by atoms with Gasteiger partial charge < -0.3 is 5.48 Å². The Balaban J connectivity index is 0. The van der Waals surface area contributed by atoms with Crippen molar-refractivity contribution in [3.8, 4) is 0 Å². The van der Waals surface area contributed by atoms with E-state index in [1.165, 1.54) is 0 Å². The molecule has 0 fully saturated rings. The van der Waals surface area contributed by atoms with Crippen LogP contribution in [-0.4, -0.2) is 136 Å². The Kier molecular flexibility index (Phi) is 167. The molecule has 0 aromatic heterocycles. The standard InChI is InChI=1S/Al.3Ca.H2O/h;;;;1H2/q+3;3*+2;/p-1. The zero-order chi connectivity index (χ0) is 0. The van der Waals surface area contributed by atoms with Crippen LogP contribution in [0.2, 0.25) is 0 Å². The van der Waals surface area contributed by atoms with Crippen molar-refractivity contribution in [3.05, 3.63) is 0 Å². The summed E-state index contributed by atoms with van der Waals surface area (Å²) in [5, 5.41) is 0. The Morgan fingerprint density at radius 1 is 0.600 bits per heavy atom. The Bertz CT molecular complexity index is 6.85. The molecule has 1 nitrogen and oxygen atoms in total. The molecule has 8 valence electrons. The fourth-order valence-electron chi connectivity index (χ4n) is 0. The number of hydrogen-bond acceptors (Lipinski definition) is 1. The van der Waals surface area contributed by atoms with Crippen LogP contribution >= 0.6 is 0 Å². The molecule has 1 N–H and O–H groups in total. The Morgan fingerprint density at radius 2 is 0.600 bits per heavy atom. The van der Waals surface area contributed by atoms with Crippen molar-refractivity contribution in [3.63, 3.8) is 0 Å². The van der Waals surface area contributed by atoms with Gasteiger partial charge in [0.05, 0.1) is 0 Å². The number of hydrogen-bond donors (Lipinski definition) is 0. The molecule has 0 aliphatic heterocycles. The molecule has 0 rings (SSSR count). The van der Waals surface area contributed by atoms with E-state index in [4.69, 9.17) is 0 Å². The second-order valence-corrected chi connectivity index (χ2v) is 0. The van der Waals surface area contributed by atoms with Crippen molar-refractivity contribution in [2.24, 2.45) is 0 Å². The van der Waals surface area contributed by atoms with Crippen LogP contribution in [0.5, 0.6) is 0 Å². The van der Waals surface area contributed by atoms with Gasteiger partial charge in [0.2, 0.25) is 0 Å². The smallest absolute Gasteiger partial charge is 0.870 e. The van der Waals surface area contributed by atoms with E-state index in [1.54, 1.807) is 0 Å². The van der Waals surface area contributed by atoms with Gasteiger partial charge in [0, 0.05) is 0 Å². The predicted molar refractivity (Wildman–Crippen MR) is 25.0 cm³/mol. The van der Waals surface area contributed by atoms with E-state index in [2.05, 4.69) is 0 Å². The van der Waals surface area contributed by atoms with Crippen molar-refractivity contribution >= 4 is 131 Å². The van der Waals surface area contributed by atoms with Crippen molar-refractivity contribution < 1.29 is 5.48 Å². The van der Waals surface area contributed by atoms with Crippen LogP contribution in [0.3, 0.4) is 0 Å². The van der Waals surface area contributed by atoms with Gasteiger partial charge in [0.15, 0.2) is 0 Å². The van der Waals surface area contributed by atoms with Crippen LogP contribution in [0.25, 0.3) is 0 Å². The molecular formula is HAlCa3O+8. The van der Waals surface area contributed by atoms with Crippen LogP contribution in [0.1, 0.15) is 0 Å². The molecule has 0 aromatic carbocycles. The van der Waals surface area contributed by atoms with Gasteiger partial charge in [-0.1, -0.05) is 0 Å². The molecule has 0 aromatic rings. The second-order valence-electron chi connectivity index (χ2n) is 0. The summed E-state index contributed by atoms with van der Waals surface area (Å²) in [4.78, 5) is 0. The minimum atomic E-state index is 0. The monoisotopic (exact) mass is 164 g/mol. The van der Waals surface area contributed by atoms with E-state index < -0.39 is 0 Å². The summed E-state index contributed by atoms with van der Waals surface area (Å²) in [5.41, 5.74) is 0. The van der Waals surface area contributed by atoms with E-state index in [-0.39, 0.29) is 136 Å². The first-order chi connectivity index (χ1) is 0. The molecule has 5 heteroatoms. The summed E-state index contributed by atoms with van der Waals surface area (Å²) in [6.07, 6.45) is 0. The molecule has 0 spiro atoms. The van der Waals surface area contributed by atoms with Gasteiger partial charge in [-0.2, -0.15) is 0 Å². The summed E-state index contributed by atoms with van der Waals surface area (Å²) in [5.74, 6) is 0. The van der Waals surface area contributed by atoms with Gasteiger partial charge in [-0.05, 0) is 0 Å². The first-order valence-electron chi connectivity index (χ1n) is 0. The van der Waals surface area contributed by atoms with Crippen molar-refractivity contribution in [1.82, 2.24) is 0 Å². The van der Waals surface area contributed by atoms with Gasteiger partial charge in [0.1, 0.15) is 0 Å². The maximum absolute atomic E-state index is 0. The first kappa shape index (κ1) is 34.8. The Hall–Kier alpha value is 4.27. The fourth-order valence-corrected chi connectivity index (χ4v) is 0. The third kappa shape index (κ3) is 17.8. The van der Waals surface area contributed by atoms with Crippen LogP contribution in [-0.2, 0) is 0 Å². The summed E-state index contributed by atoms with van der Waals surface area (Å²) < 4.78 is 0. The summed E-state index contributed by atoms with van der Waals surface area (Å²) in [6.45, 7) is 0. The van der Waals surface area contributed by atoms with Crippen molar-refractivity contribution in [1.29, 1.82) is 0 Å². The summed E-state index contributed by atoms with van der Waals surface area (Å²) in [6, 6.07) is 0. The minimum Gasteiger partial charge on any atom is -0.870 e. The van der Waals surface area contributed by atoms with E-state index in [1.807, 2.05) is 0 Å². The van der Waals surface area contributed by atoms with Crippen LogP contribution in [0.4, 0.5) is 0 Å². The molecule has 0 bridgehead atoms. The van der Waals surface area contributed by atoms with E-state index in [0.29, 0.717) is 0 Å². The van der Waals surface area contributed by atoms with Crippen molar-refractivity contribution in [2.45, 2.75) is 0 Å². The molecule has 0 aliphatic carbocycles. The predicted octanol–water partition coefficient (Wildman–Crippen LogP) is -1.70. The van der Waals surface area contributed by atoms with Crippen molar-refractivity contribution in [2.75, 3.05) is 0 Å². The van der Waals surface area contributed by atoms with E-state index in [9.17, 15) is 0 Å².